The lowest BCUT2D eigenvalue weighted by Gasteiger charge is -2.26. The van der Waals surface area contributed by atoms with Crippen molar-refractivity contribution in [2.75, 3.05) is 13.7 Å². The van der Waals surface area contributed by atoms with E-state index in [1.807, 2.05) is 18.2 Å². The summed E-state index contributed by atoms with van der Waals surface area (Å²) in [4.78, 5) is 14.9. The van der Waals surface area contributed by atoms with Gasteiger partial charge in [-0.15, -0.1) is 0 Å². The highest BCUT2D eigenvalue weighted by Crippen LogP contribution is 2.61. The minimum Gasteiger partial charge on any atom is -0.493 e. The number of para-hydroxylation sites is 1. The summed E-state index contributed by atoms with van der Waals surface area (Å²) in [5, 5.41) is 0.987. The molecule has 2 aliphatic carbocycles. The van der Waals surface area contributed by atoms with Crippen LogP contribution < -0.4 is 4.74 Å². The Labute approximate surface area is 129 Å². The predicted molar refractivity (Wildman–Crippen MR) is 81.7 cm³/mol. The number of fused-ring (bicyclic) bond motifs is 6. The van der Waals surface area contributed by atoms with Gasteiger partial charge in [0, 0.05) is 23.5 Å². The van der Waals surface area contributed by atoms with Crippen LogP contribution in [-0.4, -0.2) is 30.5 Å². The molecule has 1 aromatic carbocycles. The lowest BCUT2D eigenvalue weighted by molar-refractivity contribution is -0.132. The Morgan fingerprint density at radius 1 is 1.36 bits per heavy atom. The van der Waals surface area contributed by atoms with Crippen molar-refractivity contribution < 1.29 is 13.9 Å². The van der Waals surface area contributed by atoms with Crippen molar-refractivity contribution in [3.8, 4) is 5.75 Å². The van der Waals surface area contributed by atoms with Crippen LogP contribution >= 0.6 is 0 Å². The molecule has 0 N–H and O–H groups in total. The lowest BCUT2D eigenvalue weighted by atomic mass is 10.1. The zero-order valence-electron chi connectivity index (χ0n) is 12.6. The maximum absolute atomic E-state index is 12.7. The van der Waals surface area contributed by atoms with Crippen molar-refractivity contribution in [1.82, 2.24) is 4.90 Å². The van der Waals surface area contributed by atoms with Crippen molar-refractivity contribution in [3.05, 3.63) is 30.0 Å². The SMILES string of the molecule is COc1cccc2c(CC(=O)N3C[C@@H]4C[C@H]3[C@H]3C[C@@H]43)coc12. The summed E-state index contributed by atoms with van der Waals surface area (Å²) in [6.45, 7) is 0.976. The molecule has 3 fully saturated rings. The first kappa shape index (κ1) is 12.6. The Bertz CT molecular complexity index is 765. The molecule has 0 unspecified atom stereocenters. The van der Waals surface area contributed by atoms with Crippen molar-refractivity contribution in [2.24, 2.45) is 17.8 Å². The Kier molecular flexibility index (Phi) is 2.44. The number of hydrogen-bond donors (Lipinski definition) is 0. The maximum Gasteiger partial charge on any atom is 0.227 e. The number of rotatable bonds is 3. The minimum absolute atomic E-state index is 0.253. The molecule has 3 aliphatic rings. The predicted octanol–water partition coefficient (Wildman–Crippen LogP) is 2.85. The monoisotopic (exact) mass is 297 g/mol. The third kappa shape index (κ3) is 1.61. The number of ether oxygens (including phenoxy) is 1. The Hall–Kier alpha value is -1.97. The van der Waals surface area contributed by atoms with E-state index in [0.717, 1.165) is 46.6 Å². The van der Waals surface area contributed by atoms with Gasteiger partial charge in [0.25, 0.3) is 0 Å². The number of carbonyl (C=O) groups is 1. The van der Waals surface area contributed by atoms with Crippen LogP contribution in [0.3, 0.4) is 0 Å². The second-order valence-electron chi connectivity index (χ2n) is 6.95. The van der Waals surface area contributed by atoms with Crippen molar-refractivity contribution in [3.63, 3.8) is 0 Å². The van der Waals surface area contributed by atoms with E-state index < -0.39 is 0 Å². The van der Waals surface area contributed by atoms with E-state index in [2.05, 4.69) is 4.90 Å². The normalized spacial score (nSPS) is 31.6. The molecule has 1 saturated heterocycles. The summed E-state index contributed by atoms with van der Waals surface area (Å²) < 4.78 is 10.9. The van der Waals surface area contributed by atoms with Crippen LogP contribution in [0.4, 0.5) is 0 Å². The molecule has 4 nitrogen and oxygen atoms in total. The number of furan rings is 1. The van der Waals surface area contributed by atoms with Crippen LogP contribution in [0, 0.1) is 17.8 Å². The van der Waals surface area contributed by atoms with Gasteiger partial charge in [-0.25, -0.2) is 0 Å². The first-order chi connectivity index (χ1) is 10.8. The van der Waals surface area contributed by atoms with E-state index in [9.17, 15) is 4.79 Å². The summed E-state index contributed by atoms with van der Waals surface area (Å²) in [7, 11) is 1.63. The number of hydrogen-bond acceptors (Lipinski definition) is 3. The van der Waals surface area contributed by atoms with Gasteiger partial charge < -0.3 is 14.1 Å². The zero-order valence-corrected chi connectivity index (χ0v) is 12.6. The largest absolute Gasteiger partial charge is 0.493 e. The molecule has 1 aromatic heterocycles. The number of piperidine rings is 1. The number of likely N-dealkylation sites (tertiary alicyclic amines) is 1. The Morgan fingerprint density at radius 2 is 2.27 bits per heavy atom. The highest BCUT2D eigenvalue weighted by atomic mass is 16.5. The van der Waals surface area contributed by atoms with Crippen LogP contribution in [-0.2, 0) is 11.2 Å². The summed E-state index contributed by atoms with van der Waals surface area (Å²) in [5.41, 5.74) is 1.70. The number of methoxy groups -OCH3 is 1. The fourth-order valence-corrected chi connectivity index (χ4v) is 4.77. The van der Waals surface area contributed by atoms with Crippen LogP contribution in [0.15, 0.2) is 28.9 Å². The molecule has 1 amide bonds. The molecular formula is C18H19NO3. The average Bonchev–Trinajstić information content (AvgIpc) is 2.92. The quantitative estimate of drug-likeness (QED) is 0.875. The molecule has 1 aliphatic heterocycles. The van der Waals surface area contributed by atoms with Gasteiger partial charge in [0.2, 0.25) is 5.91 Å². The van der Waals surface area contributed by atoms with Crippen LogP contribution in [0.5, 0.6) is 5.75 Å². The molecule has 0 spiro atoms. The second kappa shape index (κ2) is 4.28. The van der Waals surface area contributed by atoms with Gasteiger partial charge in [0.15, 0.2) is 11.3 Å². The number of benzene rings is 1. The van der Waals surface area contributed by atoms with E-state index in [1.165, 1.54) is 12.8 Å². The second-order valence-corrected chi connectivity index (χ2v) is 6.95. The lowest BCUT2D eigenvalue weighted by Crippen LogP contribution is -2.40. The van der Waals surface area contributed by atoms with Crippen molar-refractivity contribution in [2.45, 2.75) is 25.3 Å². The highest BCUT2D eigenvalue weighted by Gasteiger charge is 2.61. The molecule has 2 bridgehead atoms. The topological polar surface area (TPSA) is 42.7 Å². The molecular weight excluding hydrogens is 278 g/mol. The van der Waals surface area contributed by atoms with Gasteiger partial charge >= 0.3 is 0 Å². The van der Waals surface area contributed by atoms with Crippen LogP contribution in [0.2, 0.25) is 0 Å². The summed E-state index contributed by atoms with van der Waals surface area (Å²) in [6, 6.07) is 6.34. The molecule has 2 aromatic rings. The zero-order chi connectivity index (χ0) is 14.8. The third-order valence-electron chi connectivity index (χ3n) is 5.89. The molecule has 22 heavy (non-hydrogen) atoms. The van der Waals surface area contributed by atoms with Crippen molar-refractivity contribution >= 4 is 16.9 Å². The molecule has 2 saturated carbocycles. The molecule has 4 atom stereocenters. The first-order valence-corrected chi connectivity index (χ1v) is 8.09. The van der Waals surface area contributed by atoms with E-state index in [4.69, 9.17) is 9.15 Å². The number of carbonyl (C=O) groups excluding carboxylic acids is 1. The van der Waals surface area contributed by atoms with Crippen molar-refractivity contribution in [1.29, 1.82) is 0 Å². The standard InChI is InChI=1S/C18H19NO3/c1-21-16-4-2-3-12-11(9-22-18(12)16)6-17(20)19-8-10-5-15(19)14-7-13(10)14/h2-4,9-10,13-15H,5-8H2,1H3/t10-,13-,14-,15-/m0/s1. The molecule has 2 heterocycles. The smallest absolute Gasteiger partial charge is 0.227 e. The Morgan fingerprint density at radius 3 is 3.05 bits per heavy atom. The van der Waals surface area contributed by atoms with E-state index in [0.29, 0.717) is 12.5 Å². The van der Waals surface area contributed by atoms with E-state index >= 15 is 0 Å². The van der Waals surface area contributed by atoms with Gasteiger partial charge in [-0.2, -0.15) is 0 Å². The van der Waals surface area contributed by atoms with E-state index in [1.54, 1.807) is 13.4 Å². The first-order valence-electron chi connectivity index (χ1n) is 8.09. The number of amides is 1. The summed E-state index contributed by atoms with van der Waals surface area (Å²) in [5.74, 6) is 3.50. The Balaban J connectivity index is 1.41. The fourth-order valence-electron chi connectivity index (χ4n) is 4.77. The average molecular weight is 297 g/mol. The molecule has 4 heteroatoms. The van der Waals surface area contributed by atoms with Gasteiger partial charge in [0.1, 0.15) is 0 Å². The molecule has 114 valence electrons. The highest BCUT2D eigenvalue weighted by molar-refractivity contribution is 5.90. The fraction of sp³-hybridized carbons (Fsp3) is 0.500. The minimum atomic E-state index is 0.253. The van der Waals surface area contributed by atoms with Crippen LogP contribution in [0.25, 0.3) is 11.0 Å². The van der Waals surface area contributed by atoms with E-state index in [-0.39, 0.29) is 5.91 Å². The van der Waals surface area contributed by atoms with Gasteiger partial charge in [-0.1, -0.05) is 12.1 Å². The van der Waals surface area contributed by atoms with Gasteiger partial charge in [-0.05, 0) is 36.7 Å². The summed E-state index contributed by atoms with van der Waals surface area (Å²) >= 11 is 0. The maximum atomic E-state index is 12.7. The van der Waals surface area contributed by atoms with Crippen LogP contribution in [0.1, 0.15) is 18.4 Å². The third-order valence-corrected chi connectivity index (χ3v) is 5.89. The molecule has 5 rings (SSSR count). The number of nitrogens with zero attached hydrogens (tertiary/aromatic N) is 1. The van der Waals surface area contributed by atoms with Gasteiger partial charge in [-0.3, -0.25) is 4.79 Å². The summed E-state index contributed by atoms with van der Waals surface area (Å²) in [6.07, 6.45) is 4.73. The molecule has 0 radical (unpaired) electrons. The van der Waals surface area contributed by atoms with Gasteiger partial charge in [0.05, 0.1) is 19.8 Å².